The van der Waals surface area contributed by atoms with Crippen molar-refractivity contribution >= 4 is 11.6 Å². The van der Waals surface area contributed by atoms with Crippen molar-refractivity contribution in [3.63, 3.8) is 0 Å². The zero-order valence-corrected chi connectivity index (χ0v) is 12.2. The second-order valence-electron chi connectivity index (χ2n) is 5.43. The summed E-state index contributed by atoms with van der Waals surface area (Å²) in [4.78, 5) is 12.4. The van der Waals surface area contributed by atoms with Crippen LogP contribution in [0.2, 0.25) is 0 Å². The first-order valence-corrected chi connectivity index (χ1v) is 7.14. The molecule has 1 amide bonds. The number of nitrogens with zero attached hydrogens (tertiary/aromatic N) is 3. The Morgan fingerprint density at radius 3 is 3.00 bits per heavy atom. The molecule has 6 heteroatoms. The molecule has 2 aromatic rings. The number of carbonyl (C=O) groups excluding carboxylic acids is 1. The van der Waals surface area contributed by atoms with Gasteiger partial charge in [-0.1, -0.05) is 18.2 Å². The molecular weight excluding hydrogens is 266 g/mol. The van der Waals surface area contributed by atoms with E-state index >= 15 is 0 Å². The molecule has 0 fully saturated rings. The fraction of sp³-hybridized carbons (Fsp3) is 0.400. The van der Waals surface area contributed by atoms with Gasteiger partial charge in [-0.15, -0.1) is 10.2 Å². The van der Waals surface area contributed by atoms with E-state index in [4.69, 9.17) is 0 Å². The molecule has 0 radical (unpaired) electrons. The predicted molar refractivity (Wildman–Crippen MR) is 79.7 cm³/mol. The Morgan fingerprint density at radius 1 is 1.43 bits per heavy atom. The quantitative estimate of drug-likeness (QED) is 0.894. The molecule has 1 aromatic carbocycles. The van der Waals surface area contributed by atoms with Gasteiger partial charge in [0, 0.05) is 12.7 Å². The molecule has 2 atom stereocenters. The Balaban J connectivity index is 1.73. The molecular formula is C15H19N5O. The van der Waals surface area contributed by atoms with Crippen LogP contribution in [0.25, 0.3) is 0 Å². The summed E-state index contributed by atoms with van der Waals surface area (Å²) < 4.78 is 1.86. The number of rotatable bonds is 3. The molecule has 1 aliphatic rings. The maximum absolute atomic E-state index is 12.4. The van der Waals surface area contributed by atoms with E-state index < -0.39 is 0 Å². The fourth-order valence-corrected chi connectivity index (χ4v) is 2.73. The lowest BCUT2D eigenvalue weighted by molar-refractivity contribution is -0.118. The molecule has 0 bridgehead atoms. The minimum Gasteiger partial charge on any atom is -0.324 e. The average Bonchev–Trinajstić information content (AvgIpc) is 2.83. The SMILES string of the molecule is CC(NC1CCc2ccccc2NC1=O)c1nncn1C. The van der Waals surface area contributed by atoms with Gasteiger partial charge in [0.05, 0.1) is 12.1 Å². The molecule has 6 nitrogen and oxygen atoms in total. The van der Waals surface area contributed by atoms with E-state index in [2.05, 4.69) is 26.9 Å². The van der Waals surface area contributed by atoms with Gasteiger partial charge in [0.1, 0.15) is 12.2 Å². The highest BCUT2D eigenvalue weighted by molar-refractivity contribution is 5.96. The van der Waals surface area contributed by atoms with E-state index in [0.29, 0.717) is 0 Å². The van der Waals surface area contributed by atoms with Crippen molar-refractivity contribution < 1.29 is 4.79 Å². The van der Waals surface area contributed by atoms with Gasteiger partial charge in [0.2, 0.25) is 5.91 Å². The van der Waals surface area contributed by atoms with Gasteiger partial charge >= 0.3 is 0 Å². The summed E-state index contributed by atoms with van der Waals surface area (Å²) in [5.41, 5.74) is 2.10. The monoisotopic (exact) mass is 285 g/mol. The first kappa shape index (κ1) is 13.8. The highest BCUT2D eigenvalue weighted by atomic mass is 16.2. The minimum atomic E-state index is -0.232. The number of amides is 1. The molecule has 21 heavy (non-hydrogen) atoms. The third-order valence-electron chi connectivity index (χ3n) is 3.88. The fourth-order valence-electron chi connectivity index (χ4n) is 2.73. The number of anilines is 1. The number of benzene rings is 1. The van der Waals surface area contributed by atoms with Crippen LogP contribution in [0.3, 0.4) is 0 Å². The molecule has 0 saturated heterocycles. The van der Waals surface area contributed by atoms with E-state index in [-0.39, 0.29) is 18.0 Å². The molecule has 1 aliphatic heterocycles. The summed E-state index contributed by atoms with van der Waals surface area (Å²) in [5, 5.41) is 14.3. The van der Waals surface area contributed by atoms with Crippen LogP contribution in [0, 0.1) is 0 Å². The van der Waals surface area contributed by atoms with Crippen LogP contribution >= 0.6 is 0 Å². The summed E-state index contributed by atoms with van der Waals surface area (Å²) >= 11 is 0. The van der Waals surface area contributed by atoms with E-state index in [9.17, 15) is 4.79 Å². The van der Waals surface area contributed by atoms with E-state index in [1.54, 1.807) is 6.33 Å². The van der Waals surface area contributed by atoms with Crippen LogP contribution in [0.4, 0.5) is 5.69 Å². The Kier molecular flexibility index (Phi) is 3.70. The number of hydrogen-bond donors (Lipinski definition) is 2. The highest BCUT2D eigenvalue weighted by Crippen LogP contribution is 2.22. The van der Waals surface area contributed by atoms with E-state index in [0.717, 1.165) is 24.4 Å². The Bertz CT molecular complexity index is 651. The lowest BCUT2D eigenvalue weighted by Gasteiger charge is -2.20. The van der Waals surface area contributed by atoms with Crippen molar-refractivity contribution in [2.24, 2.45) is 7.05 Å². The largest absolute Gasteiger partial charge is 0.324 e. The summed E-state index contributed by atoms with van der Waals surface area (Å²) in [6, 6.07) is 7.68. The van der Waals surface area contributed by atoms with Crippen molar-refractivity contribution in [2.45, 2.75) is 31.8 Å². The molecule has 2 heterocycles. The molecule has 0 spiro atoms. The minimum absolute atomic E-state index is 0.00830. The van der Waals surface area contributed by atoms with Gasteiger partial charge in [0.25, 0.3) is 0 Å². The maximum atomic E-state index is 12.4. The van der Waals surface area contributed by atoms with E-state index in [1.807, 2.05) is 36.7 Å². The summed E-state index contributed by atoms with van der Waals surface area (Å²) in [5.74, 6) is 0.832. The first-order valence-electron chi connectivity index (χ1n) is 7.14. The zero-order valence-electron chi connectivity index (χ0n) is 12.2. The molecule has 0 saturated carbocycles. The number of fused-ring (bicyclic) bond motifs is 1. The molecule has 2 N–H and O–H groups in total. The molecule has 0 aliphatic carbocycles. The van der Waals surface area contributed by atoms with Crippen LogP contribution in [0.15, 0.2) is 30.6 Å². The molecule has 1 aromatic heterocycles. The molecule has 110 valence electrons. The number of aromatic nitrogens is 3. The van der Waals surface area contributed by atoms with Crippen molar-refractivity contribution in [2.75, 3.05) is 5.32 Å². The van der Waals surface area contributed by atoms with Gasteiger partial charge in [-0.05, 0) is 31.4 Å². The van der Waals surface area contributed by atoms with E-state index in [1.165, 1.54) is 5.56 Å². The standard InChI is InChI=1S/C15H19N5O/c1-10(14-19-16-9-20(14)2)17-13-8-7-11-5-3-4-6-12(11)18-15(13)21/h3-6,9-10,13,17H,7-8H2,1-2H3,(H,18,21). The number of hydrogen-bond acceptors (Lipinski definition) is 4. The number of carbonyl (C=O) groups is 1. The highest BCUT2D eigenvalue weighted by Gasteiger charge is 2.26. The molecule has 3 rings (SSSR count). The van der Waals surface area contributed by atoms with Crippen LogP contribution in [-0.2, 0) is 18.3 Å². The van der Waals surface area contributed by atoms with Crippen molar-refractivity contribution in [3.8, 4) is 0 Å². The first-order chi connectivity index (χ1) is 10.1. The second kappa shape index (κ2) is 5.65. The lowest BCUT2D eigenvalue weighted by Crippen LogP contribution is -2.41. The van der Waals surface area contributed by atoms with Gasteiger partial charge in [-0.3, -0.25) is 10.1 Å². The van der Waals surface area contributed by atoms with Crippen molar-refractivity contribution in [1.82, 2.24) is 20.1 Å². The second-order valence-corrected chi connectivity index (χ2v) is 5.43. The normalized spacial score (nSPS) is 19.5. The zero-order chi connectivity index (χ0) is 14.8. The predicted octanol–water partition coefficient (Wildman–Crippen LogP) is 1.42. The van der Waals surface area contributed by atoms with Crippen LogP contribution in [0.1, 0.15) is 30.8 Å². The third-order valence-corrected chi connectivity index (χ3v) is 3.88. The van der Waals surface area contributed by atoms with Gasteiger partial charge in [-0.25, -0.2) is 0 Å². The maximum Gasteiger partial charge on any atom is 0.241 e. The van der Waals surface area contributed by atoms with Crippen molar-refractivity contribution in [3.05, 3.63) is 42.0 Å². The summed E-state index contributed by atoms with van der Waals surface area (Å²) in [7, 11) is 1.90. The van der Waals surface area contributed by atoms with Crippen molar-refractivity contribution in [1.29, 1.82) is 0 Å². The Labute approximate surface area is 123 Å². The Hall–Kier alpha value is -2.21. The van der Waals surface area contributed by atoms with Gasteiger partial charge < -0.3 is 9.88 Å². The number of para-hydroxylation sites is 1. The molecule has 2 unspecified atom stereocenters. The number of nitrogens with one attached hydrogen (secondary N) is 2. The van der Waals surface area contributed by atoms with Crippen LogP contribution < -0.4 is 10.6 Å². The van der Waals surface area contributed by atoms with Crippen LogP contribution in [-0.4, -0.2) is 26.7 Å². The Morgan fingerprint density at radius 2 is 2.24 bits per heavy atom. The van der Waals surface area contributed by atoms with Gasteiger partial charge in [0.15, 0.2) is 0 Å². The van der Waals surface area contributed by atoms with Gasteiger partial charge in [-0.2, -0.15) is 0 Å². The lowest BCUT2D eigenvalue weighted by atomic mass is 10.1. The summed E-state index contributed by atoms with van der Waals surface area (Å²) in [6.07, 6.45) is 3.31. The third kappa shape index (κ3) is 2.80. The number of aryl methyl sites for hydroxylation is 2. The van der Waals surface area contributed by atoms with Crippen LogP contribution in [0.5, 0.6) is 0 Å². The topological polar surface area (TPSA) is 71.8 Å². The average molecular weight is 285 g/mol. The summed E-state index contributed by atoms with van der Waals surface area (Å²) in [6.45, 7) is 2.00. The smallest absolute Gasteiger partial charge is 0.241 e.